The van der Waals surface area contributed by atoms with Gasteiger partial charge in [0.1, 0.15) is 5.69 Å². The van der Waals surface area contributed by atoms with Gasteiger partial charge in [-0.3, -0.25) is 9.78 Å². The quantitative estimate of drug-likeness (QED) is 0.782. The van der Waals surface area contributed by atoms with Crippen LogP contribution in [0.5, 0.6) is 0 Å². The molecule has 1 saturated heterocycles. The second-order valence-corrected chi connectivity index (χ2v) is 6.50. The smallest absolute Gasteiger partial charge is 0.376 e. The number of carbonyl (C=O) groups is 1. The zero-order valence-electron chi connectivity index (χ0n) is 14.1. The molecule has 1 aromatic carbocycles. The van der Waals surface area contributed by atoms with E-state index in [1.54, 1.807) is 6.07 Å². The van der Waals surface area contributed by atoms with Crippen LogP contribution in [0.25, 0.3) is 0 Å². The van der Waals surface area contributed by atoms with Crippen LogP contribution in [-0.4, -0.2) is 30.1 Å². The molecule has 2 aromatic rings. The van der Waals surface area contributed by atoms with Crippen molar-refractivity contribution in [2.24, 2.45) is 0 Å². The van der Waals surface area contributed by atoms with Crippen LogP contribution in [0.15, 0.2) is 36.5 Å². The first-order chi connectivity index (χ1) is 12.8. The second-order valence-electron chi connectivity index (χ2n) is 6.09. The Morgan fingerprint density at radius 2 is 2.04 bits per heavy atom. The molecular formula is C18H17ClF3N3O2. The largest absolute Gasteiger partial charge is 0.417 e. The molecule has 0 aliphatic carbocycles. The number of alkyl halides is 3. The van der Waals surface area contributed by atoms with Gasteiger partial charge in [-0.25, -0.2) is 0 Å². The highest BCUT2D eigenvalue weighted by Crippen LogP contribution is 2.36. The Balaban J connectivity index is 1.69. The molecule has 9 heteroatoms. The van der Waals surface area contributed by atoms with Crippen molar-refractivity contribution in [1.29, 1.82) is 0 Å². The first kappa shape index (κ1) is 19.4. The van der Waals surface area contributed by atoms with E-state index in [1.165, 1.54) is 24.4 Å². The van der Waals surface area contributed by atoms with Crippen LogP contribution in [0.2, 0.25) is 5.02 Å². The summed E-state index contributed by atoms with van der Waals surface area (Å²) in [5.74, 6) is -0.374. The van der Waals surface area contributed by atoms with E-state index in [0.717, 1.165) is 18.9 Å². The lowest BCUT2D eigenvalue weighted by molar-refractivity contribution is -0.137. The number of rotatable bonds is 5. The van der Waals surface area contributed by atoms with Crippen molar-refractivity contribution >= 4 is 28.9 Å². The standard InChI is InChI=1S/C18H17ClF3N3O2/c19-15-4-3-11(8-14(15)18(20,21)22)25-12-5-6-23-16(9-12)17(26)24-10-13-2-1-7-27-13/h3-6,8-9,13H,1-2,7,10H2,(H,23,25)(H,24,26). The van der Waals surface area contributed by atoms with Crippen molar-refractivity contribution in [2.75, 3.05) is 18.5 Å². The lowest BCUT2D eigenvalue weighted by atomic mass is 10.2. The number of aromatic nitrogens is 1. The number of halogens is 4. The molecule has 27 heavy (non-hydrogen) atoms. The molecule has 1 aromatic heterocycles. The van der Waals surface area contributed by atoms with E-state index in [-0.39, 0.29) is 28.4 Å². The van der Waals surface area contributed by atoms with E-state index in [0.29, 0.717) is 18.8 Å². The van der Waals surface area contributed by atoms with E-state index in [1.807, 2.05) is 0 Å². The van der Waals surface area contributed by atoms with Gasteiger partial charge < -0.3 is 15.4 Å². The van der Waals surface area contributed by atoms with Crippen LogP contribution in [0, 0.1) is 0 Å². The van der Waals surface area contributed by atoms with E-state index in [9.17, 15) is 18.0 Å². The Morgan fingerprint density at radius 3 is 2.74 bits per heavy atom. The van der Waals surface area contributed by atoms with Crippen LogP contribution >= 0.6 is 11.6 Å². The first-order valence-electron chi connectivity index (χ1n) is 8.32. The normalized spacial score (nSPS) is 17.0. The summed E-state index contributed by atoms with van der Waals surface area (Å²) < 4.78 is 44.3. The molecule has 2 heterocycles. The number of hydrogen-bond donors (Lipinski definition) is 2. The number of benzene rings is 1. The van der Waals surface area contributed by atoms with Crippen molar-refractivity contribution in [1.82, 2.24) is 10.3 Å². The summed E-state index contributed by atoms with van der Waals surface area (Å²) in [6, 6.07) is 6.53. The summed E-state index contributed by atoms with van der Waals surface area (Å²) in [4.78, 5) is 16.2. The SMILES string of the molecule is O=C(NCC1CCCO1)c1cc(Nc2ccc(Cl)c(C(F)(F)F)c2)ccn1. The maximum Gasteiger partial charge on any atom is 0.417 e. The molecule has 144 valence electrons. The van der Waals surface area contributed by atoms with Crippen LogP contribution in [0.4, 0.5) is 24.5 Å². The monoisotopic (exact) mass is 399 g/mol. The molecule has 3 rings (SSSR count). The molecule has 0 spiro atoms. The van der Waals surface area contributed by atoms with Gasteiger partial charge in [0.15, 0.2) is 0 Å². The number of anilines is 2. The Morgan fingerprint density at radius 1 is 1.26 bits per heavy atom. The summed E-state index contributed by atoms with van der Waals surface area (Å²) in [5.41, 5.74) is -0.146. The summed E-state index contributed by atoms with van der Waals surface area (Å²) in [6.45, 7) is 1.09. The number of ether oxygens (including phenoxy) is 1. The molecule has 1 aliphatic rings. The van der Waals surface area contributed by atoms with Crippen molar-refractivity contribution in [3.63, 3.8) is 0 Å². The topological polar surface area (TPSA) is 63.2 Å². The van der Waals surface area contributed by atoms with Gasteiger partial charge in [-0.15, -0.1) is 0 Å². The molecule has 0 saturated carbocycles. The Kier molecular flexibility index (Phi) is 5.86. The highest BCUT2D eigenvalue weighted by molar-refractivity contribution is 6.31. The Hall–Kier alpha value is -2.32. The molecule has 1 aliphatic heterocycles. The molecule has 2 N–H and O–H groups in total. The zero-order chi connectivity index (χ0) is 19.4. The minimum Gasteiger partial charge on any atom is -0.376 e. The number of pyridine rings is 1. The van der Waals surface area contributed by atoms with Crippen LogP contribution in [0.3, 0.4) is 0 Å². The first-order valence-corrected chi connectivity index (χ1v) is 8.70. The summed E-state index contributed by atoms with van der Waals surface area (Å²) in [6.07, 6.45) is -1.28. The van der Waals surface area contributed by atoms with Crippen molar-refractivity contribution < 1.29 is 22.7 Å². The van der Waals surface area contributed by atoms with Crippen LogP contribution < -0.4 is 10.6 Å². The number of carbonyl (C=O) groups excluding carboxylic acids is 1. The second kappa shape index (κ2) is 8.14. The Labute approximate surface area is 158 Å². The van der Waals surface area contributed by atoms with Gasteiger partial charge in [-0.2, -0.15) is 13.2 Å². The zero-order valence-corrected chi connectivity index (χ0v) is 14.9. The molecular weight excluding hydrogens is 383 g/mol. The van der Waals surface area contributed by atoms with Crippen molar-refractivity contribution in [3.05, 3.63) is 52.8 Å². The van der Waals surface area contributed by atoms with Gasteiger partial charge in [0.25, 0.3) is 5.91 Å². The van der Waals surface area contributed by atoms with Gasteiger partial charge in [-0.05, 0) is 43.2 Å². The van der Waals surface area contributed by atoms with Gasteiger partial charge in [-0.1, -0.05) is 11.6 Å². The molecule has 5 nitrogen and oxygen atoms in total. The average molecular weight is 400 g/mol. The highest BCUT2D eigenvalue weighted by Gasteiger charge is 2.33. The lowest BCUT2D eigenvalue weighted by Gasteiger charge is -2.13. The fraction of sp³-hybridized carbons (Fsp3) is 0.333. The summed E-state index contributed by atoms with van der Waals surface area (Å²) in [5, 5.41) is 5.20. The van der Waals surface area contributed by atoms with Gasteiger partial charge in [0.2, 0.25) is 0 Å². The number of hydrogen-bond acceptors (Lipinski definition) is 4. The van der Waals surface area contributed by atoms with Gasteiger partial charge in [0.05, 0.1) is 16.7 Å². The van der Waals surface area contributed by atoms with Crippen LogP contribution in [0.1, 0.15) is 28.9 Å². The lowest BCUT2D eigenvalue weighted by Crippen LogP contribution is -2.32. The number of amides is 1. The fourth-order valence-corrected chi connectivity index (χ4v) is 2.95. The molecule has 0 radical (unpaired) electrons. The van der Waals surface area contributed by atoms with Crippen molar-refractivity contribution in [2.45, 2.75) is 25.1 Å². The maximum atomic E-state index is 13.0. The third kappa shape index (κ3) is 5.11. The third-order valence-electron chi connectivity index (χ3n) is 4.07. The molecule has 1 amide bonds. The minimum atomic E-state index is -4.56. The van der Waals surface area contributed by atoms with Gasteiger partial charge >= 0.3 is 6.18 Å². The number of nitrogens with zero attached hydrogens (tertiary/aromatic N) is 1. The Bertz CT molecular complexity index is 824. The molecule has 0 bridgehead atoms. The fourth-order valence-electron chi connectivity index (χ4n) is 2.72. The molecule has 1 atom stereocenters. The highest BCUT2D eigenvalue weighted by atomic mass is 35.5. The minimum absolute atomic E-state index is 0.00474. The van der Waals surface area contributed by atoms with Crippen LogP contribution in [-0.2, 0) is 10.9 Å². The predicted molar refractivity (Wildman–Crippen MR) is 95.3 cm³/mol. The van der Waals surface area contributed by atoms with E-state index in [4.69, 9.17) is 16.3 Å². The third-order valence-corrected chi connectivity index (χ3v) is 4.40. The maximum absolute atomic E-state index is 13.0. The van der Waals surface area contributed by atoms with Crippen molar-refractivity contribution in [3.8, 4) is 0 Å². The molecule has 1 unspecified atom stereocenters. The summed E-state index contributed by atoms with van der Waals surface area (Å²) >= 11 is 5.62. The van der Waals surface area contributed by atoms with E-state index < -0.39 is 11.7 Å². The molecule has 1 fully saturated rings. The van der Waals surface area contributed by atoms with Gasteiger partial charge in [0, 0.05) is 30.7 Å². The predicted octanol–water partition coefficient (Wildman–Crippen LogP) is 4.41. The van der Waals surface area contributed by atoms with E-state index in [2.05, 4.69) is 15.6 Å². The average Bonchev–Trinajstić information content (AvgIpc) is 3.14. The number of nitrogens with one attached hydrogen (secondary N) is 2. The van der Waals surface area contributed by atoms with E-state index >= 15 is 0 Å². The summed E-state index contributed by atoms with van der Waals surface area (Å²) in [7, 11) is 0.